The van der Waals surface area contributed by atoms with E-state index in [1.807, 2.05) is 26.0 Å². The van der Waals surface area contributed by atoms with E-state index in [2.05, 4.69) is 26.1 Å². The van der Waals surface area contributed by atoms with Gasteiger partial charge in [-0.05, 0) is 18.2 Å². The molecule has 0 bridgehead atoms. The Labute approximate surface area is 119 Å². The van der Waals surface area contributed by atoms with Crippen LogP contribution in [0.15, 0.2) is 27.2 Å². The highest BCUT2D eigenvalue weighted by Crippen LogP contribution is 2.24. The second-order valence-corrected chi connectivity index (χ2v) is 5.32. The van der Waals surface area contributed by atoms with Crippen LogP contribution >= 0.6 is 15.9 Å². The zero-order valence-electron chi connectivity index (χ0n) is 10.8. The van der Waals surface area contributed by atoms with Crippen molar-refractivity contribution in [3.8, 4) is 5.75 Å². The number of hydrogen-bond donors (Lipinski definition) is 1. The standard InChI is InChI=1S/C13H15BrN2O3/c1-8(2)13-15-12(16-19-13)7-18-11-4-3-10(14)5-9(11)6-17/h3-5,8,17H,6-7H2,1-2H3. The number of rotatable bonds is 5. The summed E-state index contributed by atoms with van der Waals surface area (Å²) in [5.74, 6) is 1.90. The summed E-state index contributed by atoms with van der Waals surface area (Å²) >= 11 is 3.35. The first-order valence-corrected chi connectivity index (χ1v) is 6.74. The normalized spacial score (nSPS) is 11.0. The van der Waals surface area contributed by atoms with E-state index in [-0.39, 0.29) is 19.1 Å². The topological polar surface area (TPSA) is 68.4 Å². The van der Waals surface area contributed by atoms with Crippen molar-refractivity contribution in [2.75, 3.05) is 0 Å². The molecule has 0 radical (unpaired) electrons. The Bertz CT molecular complexity index is 555. The summed E-state index contributed by atoms with van der Waals surface area (Å²) in [4.78, 5) is 4.22. The van der Waals surface area contributed by atoms with Crippen molar-refractivity contribution in [3.63, 3.8) is 0 Å². The number of aliphatic hydroxyl groups excluding tert-OH is 1. The molecule has 0 aliphatic rings. The molecular formula is C13H15BrN2O3. The molecule has 0 amide bonds. The average molecular weight is 327 g/mol. The Balaban J connectivity index is 2.05. The summed E-state index contributed by atoms with van der Waals surface area (Å²) in [5, 5.41) is 13.1. The van der Waals surface area contributed by atoms with Gasteiger partial charge in [0.2, 0.25) is 11.7 Å². The largest absolute Gasteiger partial charge is 0.485 e. The van der Waals surface area contributed by atoms with E-state index in [1.165, 1.54) is 0 Å². The summed E-state index contributed by atoms with van der Waals surface area (Å²) in [6, 6.07) is 5.45. The van der Waals surface area contributed by atoms with Crippen molar-refractivity contribution in [1.29, 1.82) is 0 Å². The highest BCUT2D eigenvalue weighted by Gasteiger charge is 2.11. The lowest BCUT2D eigenvalue weighted by atomic mass is 10.2. The van der Waals surface area contributed by atoms with Crippen molar-refractivity contribution in [2.45, 2.75) is 33.0 Å². The number of nitrogens with zero attached hydrogens (tertiary/aromatic N) is 2. The van der Waals surface area contributed by atoms with Crippen LogP contribution in [0.25, 0.3) is 0 Å². The lowest BCUT2D eigenvalue weighted by molar-refractivity contribution is 0.252. The number of halogens is 1. The Hall–Kier alpha value is -1.40. The summed E-state index contributed by atoms with van der Waals surface area (Å²) in [5.41, 5.74) is 0.710. The molecule has 2 rings (SSSR count). The minimum atomic E-state index is -0.0851. The van der Waals surface area contributed by atoms with Crippen molar-refractivity contribution in [3.05, 3.63) is 40.0 Å². The Kier molecular flexibility index (Phi) is 4.55. The molecule has 0 unspecified atom stereocenters. The maximum atomic E-state index is 9.27. The van der Waals surface area contributed by atoms with Gasteiger partial charge in [0.25, 0.3) is 0 Å². The van der Waals surface area contributed by atoms with Gasteiger partial charge in [0.15, 0.2) is 6.61 Å². The van der Waals surface area contributed by atoms with Gasteiger partial charge in [-0.15, -0.1) is 0 Å². The van der Waals surface area contributed by atoms with E-state index in [4.69, 9.17) is 9.26 Å². The highest BCUT2D eigenvalue weighted by atomic mass is 79.9. The van der Waals surface area contributed by atoms with E-state index in [0.29, 0.717) is 23.0 Å². The molecule has 5 nitrogen and oxygen atoms in total. The van der Waals surface area contributed by atoms with Crippen LogP contribution in [0.4, 0.5) is 0 Å². The molecule has 1 aromatic heterocycles. The molecule has 0 saturated carbocycles. The second-order valence-electron chi connectivity index (χ2n) is 4.40. The SMILES string of the molecule is CC(C)c1nc(COc2ccc(Br)cc2CO)no1. The van der Waals surface area contributed by atoms with Crippen LogP contribution in [0.3, 0.4) is 0 Å². The maximum absolute atomic E-state index is 9.27. The van der Waals surface area contributed by atoms with Gasteiger partial charge in [0, 0.05) is 16.0 Å². The molecule has 0 aliphatic carbocycles. The molecule has 1 heterocycles. The molecule has 0 atom stereocenters. The van der Waals surface area contributed by atoms with Crippen LogP contribution in [0.2, 0.25) is 0 Å². The van der Waals surface area contributed by atoms with Gasteiger partial charge in [-0.2, -0.15) is 4.98 Å². The number of aromatic nitrogens is 2. The molecule has 1 aromatic carbocycles. The van der Waals surface area contributed by atoms with Gasteiger partial charge in [0.05, 0.1) is 6.61 Å². The fourth-order valence-electron chi connectivity index (χ4n) is 1.52. The summed E-state index contributed by atoms with van der Waals surface area (Å²) in [6.45, 7) is 4.09. The van der Waals surface area contributed by atoms with Crippen LogP contribution in [-0.4, -0.2) is 15.2 Å². The van der Waals surface area contributed by atoms with Crippen molar-refractivity contribution >= 4 is 15.9 Å². The maximum Gasteiger partial charge on any atom is 0.229 e. The lowest BCUT2D eigenvalue weighted by Crippen LogP contribution is -2.01. The van der Waals surface area contributed by atoms with E-state index in [0.717, 1.165) is 4.47 Å². The van der Waals surface area contributed by atoms with Crippen LogP contribution in [0, 0.1) is 0 Å². The van der Waals surface area contributed by atoms with Gasteiger partial charge in [0.1, 0.15) is 5.75 Å². The first kappa shape index (κ1) is 14.0. The van der Waals surface area contributed by atoms with Crippen molar-refractivity contribution < 1.29 is 14.4 Å². The van der Waals surface area contributed by atoms with Gasteiger partial charge < -0.3 is 14.4 Å². The quantitative estimate of drug-likeness (QED) is 0.914. The third kappa shape index (κ3) is 3.54. The van der Waals surface area contributed by atoms with E-state index in [9.17, 15) is 5.11 Å². The number of hydrogen-bond acceptors (Lipinski definition) is 5. The van der Waals surface area contributed by atoms with Gasteiger partial charge in [-0.3, -0.25) is 0 Å². The lowest BCUT2D eigenvalue weighted by Gasteiger charge is -2.08. The molecule has 0 fully saturated rings. The third-order valence-corrected chi connectivity index (χ3v) is 3.02. The zero-order chi connectivity index (χ0) is 13.8. The summed E-state index contributed by atoms with van der Waals surface area (Å²) < 4.78 is 11.6. The molecule has 19 heavy (non-hydrogen) atoms. The molecule has 0 spiro atoms. The predicted molar refractivity (Wildman–Crippen MR) is 72.8 cm³/mol. The predicted octanol–water partition coefficient (Wildman–Crippen LogP) is 3.03. The van der Waals surface area contributed by atoms with Gasteiger partial charge in [-0.1, -0.05) is 34.9 Å². The molecule has 6 heteroatoms. The Morgan fingerprint density at radius 2 is 2.21 bits per heavy atom. The average Bonchev–Trinajstić information content (AvgIpc) is 2.86. The fourth-order valence-corrected chi connectivity index (χ4v) is 1.92. The minimum absolute atomic E-state index is 0.0851. The summed E-state index contributed by atoms with van der Waals surface area (Å²) in [6.07, 6.45) is 0. The molecular weight excluding hydrogens is 312 g/mol. The Morgan fingerprint density at radius 1 is 1.42 bits per heavy atom. The summed E-state index contributed by atoms with van der Waals surface area (Å²) in [7, 11) is 0. The fraction of sp³-hybridized carbons (Fsp3) is 0.385. The molecule has 0 aliphatic heterocycles. The third-order valence-electron chi connectivity index (χ3n) is 2.53. The molecule has 102 valence electrons. The minimum Gasteiger partial charge on any atom is -0.485 e. The van der Waals surface area contributed by atoms with E-state index < -0.39 is 0 Å². The van der Waals surface area contributed by atoms with Crippen LogP contribution in [-0.2, 0) is 13.2 Å². The first-order chi connectivity index (χ1) is 9.10. The number of benzene rings is 1. The smallest absolute Gasteiger partial charge is 0.229 e. The molecule has 1 N–H and O–H groups in total. The van der Waals surface area contributed by atoms with E-state index >= 15 is 0 Å². The molecule has 2 aromatic rings. The van der Waals surface area contributed by atoms with E-state index in [1.54, 1.807) is 6.07 Å². The second kappa shape index (κ2) is 6.16. The highest BCUT2D eigenvalue weighted by molar-refractivity contribution is 9.10. The molecule has 0 saturated heterocycles. The number of aliphatic hydroxyl groups is 1. The monoisotopic (exact) mass is 326 g/mol. The Morgan fingerprint density at radius 3 is 2.84 bits per heavy atom. The van der Waals surface area contributed by atoms with Crippen LogP contribution in [0.1, 0.15) is 37.0 Å². The van der Waals surface area contributed by atoms with Crippen LogP contribution in [0.5, 0.6) is 5.75 Å². The van der Waals surface area contributed by atoms with Crippen molar-refractivity contribution in [2.24, 2.45) is 0 Å². The van der Waals surface area contributed by atoms with Crippen molar-refractivity contribution in [1.82, 2.24) is 10.1 Å². The van der Waals surface area contributed by atoms with Crippen LogP contribution < -0.4 is 4.74 Å². The first-order valence-electron chi connectivity index (χ1n) is 5.94. The van der Waals surface area contributed by atoms with Gasteiger partial charge in [-0.25, -0.2) is 0 Å². The van der Waals surface area contributed by atoms with Gasteiger partial charge >= 0.3 is 0 Å². The zero-order valence-corrected chi connectivity index (χ0v) is 12.3. The number of ether oxygens (including phenoxy) is 1.